The summed E-state index contributed by atoms with van der Waals surface area (Å²) in [5, 5.41) is 5.99. The van der Waals surface area contributed by atoms with Crippen LogP contribution in [-0.4, -0.2) is 84.1 Å². The molecule has 1 saturated heterocycles. The number of urea groups is 2. The van der Waals surface area contributed by atoms with Crippen molar-refractivity contribution in [3.8, 4) is 0 Å². The lowest BCUT2D eigenvalue weighted by atomic mass is 9.93. The molecule has 9 heteroatoms. The van der Waals surface area contributed by atoms with E-state index < -0.39 is 12.0 Å². The molecular formula is C26H39N5O4. The Morgan fingerprint density at radius 2 is 1.83 bits per heavy atom. The lowest BCUT2D eigenvalue weighted by Crippen LogP contribution is -2.59. The van der Waals surface area contributed by atoms with E-state index in [4.69, 9.17) is 4.74 Å². The number of carbonyl (C=O) groups excluding carboxylic acids is 3. The number of ether oxygens (including phenoxy) is 1. The molecule has 1 aromatic carbocycles. The van der Waals surface area contributed by atoms with E-state index in [1.807, 2.05) is 63.8 Å². The van der Waals surface area contributed by atoms with Crippen LogP contribution in [0.15, 0.2) is 35.5 Å². The average Bonchev–Trinajstić information content (AvgIpc) is 2.76. The average molecular weight is 486 g/mol. The van der Waals surface area contributed by atoms with Crippen LogP contribution in [0.3, 0.4) is 0 Å². The minimum absolute atomic E-state index is 0.0200. The second-order valence-electron chi connectivity index (χ2n) is 10.4. The van der Waals surface area contributed by atoms with E-state index >= 15 is 0 Å². The third-order valence-corrected chi connectivity index (χ3v) is 6.31. The van der Waals surface area contributed by atoms with Crippen LogP contribution in [0.25, 0.3) is 0 Å². The normalized spacial score (nSPS) is 21.6. The maximum atomic E-state index is 13.2. The summed E-state index contributed by atoms with van der Waals surface area (Å²) in [4.78, 5) is 44.3. The SMILES string of the molecule is CCOC(=O)C1=C(CN2CCN(C(=O)NC(C)(C)C)C(C)C2)N(C)C(=O)NC1c1ccc(C)cc1. The van der Waals surface area contributed by atoms with Gasteiger partial charge in [-0.25, -0.2) is 14.4 Å². The number of rotatable bonds is 5. The largest absolute Gasteiger partial charge is 0.463 e. The van der Waals surface area contributed by atoms with E-state index in [1.165, 1.54) is 4.90 Å². The first-order valence-electron chi connectivity index (χ1n) is 12.2. The molecule has 1 aromatic rings. The summed E-state index contributed by atoms with van der Waals surface area (Å²) in [6.45, 7) is 14.1. The standard InChI is InChI=1S/C26H39N5O4/c1-8-35-23(32)21-20(29(7)24(33)27-22(21)19-11-9-17(2)10-12-19)16-30-13-14-31(18(3)15-30)25(34)28-26(4,5)6/h9-12,18,22H,8,13-16H2,1-7H3,(H,27,33)(H,28,34). The van der Waals surface area contributed by atoms with Crippen LogP contribution < -0.4 is 10.6 Å². The molecule has 0 aliphatic carbocycles. The van der Waals surface area contributed by atoms with Gasteiger partial charge in [0.25, 0.3) is 0 Å². The summed E-state index contributed by atoms with van der Waals surface area (Å²) < 4.78 is 5.42. The highest BCUT2D eigenvalue weighted by Crippen LogP contribution is 2.32. The van der Waals surface area contributed by atoms with Gasteiger partial charge in [0.15, 0.2) is 0 Å². The molecular weight excluding hydrogens is 446 g/mol. The van der Waals surface area contributed by atoms with Crippen LogP contribution in [-0.2, 0) is 9.53 Å². The summed E-state index contributed by atoms with van der Waals surface area (Å²) in [5.74, 6) is -0.434. The Kier molecular flexibility index (Phi) is 8.10. The minimum atomic E-state index is -0.593. The fourth-order valence-electron chi connectivity index (χ4n) is 4.49. The zero-order valence-corrected chi connectivity index (χ0v) is 22.0. The number of hydrogen-bond acceptors (Lipinski definition) is 5. The van der Waals surface area contributed by atoms with E-state index in [9.17, 15) is 14.4 Å². The summed E-state index contributed by atoms with van der Waals surface area (Å²) in [6.07, 6.45) is 0. The predicted octanol–water partition coefficient (Wildman–Crippen LogP) is 3.02. The Morgan fingerprint density at radius 3 is 2.40 bits per heavy atom. The molecule has 3 rings (SSSR count). The van der Waals surface area contributed by atoms with Gasteiger partial charge in [0, 0.05) is 50.5 Å². The summed E-state index contributed by atoms with van der Waals surface area (Å²) in [7, 11) is 1.67. The fourth-order valence-corrected chi connectivity index (χ4v) is 4.49. The third kappa shape index (κ3) is 6.33. The van der Waals surface area contributed by atoms with Crippen molar-refractivity contribution >= 4 is 18.0 Å². The summed E-state index contributed by atoms with van der Waals surface area (Å²) in [5.41, 5.74) is 2.68. The van der Waals surface area contributed by atoms with E-state index in [1.54, 1.807) is 14.0 Å². The van der Waals surface area contributed by atoms with Gasteiger partial charge in [-0.2, -0.15) is 0 Å². The van der Waals surface area contributed by atoms with Gasteiger partial charge in [-0.05, 0) is 47.1 Å². The zero-order valence-electron chi connectivity index (χ0n) is 22.0. The Morgan fingerprint density at radius 1 is 1.17 bits per heavy atom. The number of likely N-dealkylation sites (N-methyl/N-ethyl adjacent to an activating group) is 1. The smallest absolute Gasteiger partial charge is 0.338 e. The Hall–Kier alpha value is -3.07. The highest BCUT2D eigenvalue weighted by molar-refractivity contribution is 5.95. The number of carbonyl (C=O) groups is 3. The van der Waals surface area contributed by atoms with Gasteiger partial charge >= 0.3 is 18.0 Å². The lowest BCUT2D eigenvalue weighted by molar-refractivity contribution is -0.139. The van der Waals surface area contributed by atoms with Gasteiger partial charge in [0.05, 0.1) is 18.2 Å². The number of nitrogens with one attached hydrogen (secondary N) is 2. The van der Waals surface area contributed by atoms with Crippen molar-refractivity contribution in [1.82, 2.24) is 25.3 Å². The second-order valence-corrected chi connectivity index (χ2v) is 10.4. The zero-order chi connectivity index (χ0) is 25.9. The maximum absolute atomic E-state index is 13.2. The molecule has 2 aliphatic heterocycles. The highest BCUT2D eigenvalue weighted by Gasteiger charge is 2.38. The number of nitrogens with zero attached hydrogens (tertiary/aromatic N) is 3. The Balaban J connectivity index is 1.88. The van der Waals surface area contributed by atoms with Crippen LogP contribution in [0, 0.1) is 6.92 Å². The molecule has 2 atom stereocenters. The number of piperazine rings is 1. The van der Waals surface area contributed by atoms with Crippen molar-refractivity contribution in [2.24, 2.45) is 0 Å². The van der Waals surface area contributed by atoms with Crippen molar-refractivity contribution < 1.29 is 19.1 Å². The predicted molar refractivity (Wildman–Crippen MR) is 135 cm³/mol. The van der Waals surface area contributed by atoms with Gasteiger partial charge in [-0.1, -0.05) is 29.8 Å². The topological polar surface area (TPSA) is 94.2 Å². The lowest BCUT2D eigenvalue weighted by Gasteiger charge is -2.43. The van der Waals surface area contributed by atoms with Crippen molar-refractivity contribution in [2.75, 3.05) is 39.8 Å². The molecule has 0 spiro atoms. The number of amides is 4. The first kappa shape index (κ1) is 26.5. The summed E-state index contributed by atoms with van der Waals surface area (Å²) in [6, 6.07) is 6.82. The Labute approximate surface area is 208 Å². The van der Waals surface area contributed by atoms with Gasteiger partial charge in [-0.3, -0.25) is 9.80 Å². The molecule has 192 valence electrons. The molecule has 1 fully saturated rings. The van der Waals surface area contributed by atoms with Crippen LogP contribution in [0.2, 0.25) is 0 Å². The molecule has 0 saturated carbocycles. The van der Waals surface area contributed by atoms with Crippen LogP contribution in [0.5, 0.6) is 0 Å². The van der Waals surface area contributed by atoms with Gasteiger partial charge < -0.3 is 20.3 Å². The van der Waals surface area contributed by atoms with E-state index in [0.29, 0.717) is 37.4 Å². The maximum Gasteiger partial charge on any atom is 0.338 e. The molecule has 2 unspecified atom stereocenters. The first-order chi connectivity index (χ1) is 16.4. The number of esters is 1. The molecule has 2 aliphatic rings. The second kappa shape index (κ2) is 10.7. The third-order valence-electron chi connectivity index (χ3n) is 6.31. The van der Waals surface area contributed by atoms with Crippen LogP contribution in [0.1, 0.15) is 51.8 Å². The monoisotopic (exact) mass is 485 g/mol. The van der Waals surface area contributed by atoms with Gasteiger partial charge in [-0.15, -0.1) is 0 Å². The molecule has 0 radical (unpaired) electrons. The number of hydrogen-bond donors (Lipinski definition) is 2. The fraction of sp³-hybridized carbons (Fsp3) is 0.577. The minimum Gasteiger partial charge on any atom is -0.463 e. The van der Waals surface area contributed by atoms with Crippen molar-refractivity contribution in [2.45, 2.75) is 59.2 Å². The van der Waals surface area contributed by atoms with Crippen molar-refractivity contribution in [3.05, 3.63) is 46.7 Å². The quantitative estimate of drug-likeness (QED) is 0.626. The van der Waals surface area contributed by atoms with Crippen LogP contribution >= 0.6 is 0 Å². The van der Waals surface area contributed by atoms with E-state index in [-0.39, 0.29) is 30.2 Å². The molecule has 2 N–H and O–H groups in total. The van der Waals surface area contributed by atoms with E-state index in [0.717, 1.165) is 11.1 Å². The highest BCUT2D eigenvalue weighted by atomic mass is 16.5. The molecule has 2 heterocycles. The van der Waals surface area contributed by atoms with Crippen molar-refractivity contribution in [3.63, 3.8) is 0 Å². The van der Waals surface area contributed by atoms with Gasteiger partial charge in [0.2, 0.25) is 0 Å². The van der Waals surface area contributed by atoms with Crippen LogP contribution in [0.4, 0.5) is 9.59 Å². The molecule has 9 nitrogen and oxygen atoms in total. The van der Waals surface area contributed by atoms with Gasteiger partial charge in [0.1, 0.15) is 0 Å². The molecule has 4 amide bonds. The Bertz CT molecular complexity index is 982. The molecule has 0 bridgehead atoms. The molecule has 0 aromatic heterocycles. The molecule has 35 heavy (non-hydrogen) atoms. The van der Waals surface area contributed by atoms with E-state index in [2.05, 4.69) is 15.5 Å². The summed E-state index contributed by atoms with van der Waals surface area (Å²) >= 11 is 0. The number of aryl methyl sites for hydroxylation is 1. The first-order valence-corrected chi connectivity index (χ1v) is 12.2. The number of benzene rings is 1. The van der Waals surface area contributed by atoms with Crippen molar-refractivity contribution in [1.29, 1.82) is 0 Å².